The van der Waals surface area contributed by atoms with E-state index in [9.17, 15) is 0 Å². The molecule has 0 N–H and O–H groups in total. The number of rotatable bonds is 0. The fourth-order valence-electron chi connectivity index (χ4n) is 0. The Hall–Kier alpha value is 3.64. The van der Waals surface area contributed by atoms with Gasteiger partial charge < -0.3 is 2.85 Å². The van der Waals surface area contributed by atoms with Crippen molar-refractivity contribution in [3.05, 3.63) is 0 Å². The predicted molar refractivity (Wildman–Crippen MR) is 19.5 cm³/mol. The first kappa shape index (κ1) is 25.4. The summed E-state index contributed by atoms with van der Waals surface area (Å²) in [4.78, 5) is 0. The van der Waals surface area contributed by atoms with Gasteiger partial charge in [-0.15, -0.1) is 0 Å². The van der Waals surface area contributed by atoms with Crippen LogP contribution in [0.25, 0.3) is 0 Å². The van der Waals surface area contributed by atoms with Gasteiger partial charge in [-0.25, -0.2) is 0 Å². The van der Waals surface area contributed by atoms with Crippen molar-refractivity contribution in [2.75, 3.05) is 0 Å². The zero-order valence-electron chi connectivity index (χ0n) is 4.44. The first-order valence-corrected chi connectivity index (χ1v) is 0. The van der Waals surface area contributed by atoms with E-state index >= 15 is 0 Å². The zero-order chi connectivity index (χ0) is 0. The van der Waals surface area contributed by atoms with Crippen LogP contribution in [0, 0.1) is 0 Å². The molecule has 0 saturated carbocycles. The third-order valence-electron chi connectivity index (χ3n) is 0. The molecule has 0 heterocycles. The van der Waals surface area contributed by atoms with Gasteiger partial charge in [0.1, 0.15) is 0 Å². The van der Waals surface area contributed by atoms with E-state index in [2.05, 4.69) is 0 Å². The molecule has 0 amide bonds. The smallest absolute Gasteiger partial charge is 1.00 e. The molecule has 4 heteroatoms. The van der Waals surface area contributed by atoms with Crippen LogP contribution in [-0.4, -0.2) is 89.8 Å². The van der Waals surface area contributed by atoms with Gasteiger partial charge in [0.15, 0.2) is 0 Å². The number of hydrogen-bond acceptors (Lipinski definition) is 0. The summed E-state index contributed by atoms with van der Waals surface area (Å²) in [5, 5.41) is 0. The van der Waals surface area contributed by atoms with E-state index in [4.69, 9.17) is 0 Å². The second-order valence-electron chi connectivity index (χ2n) is 0. The minimum atomic E-state index is 0. The van der Waals surface area contributed by atoms with E-state index < -0.39 is 0 Å². The van der Waals surface area contributed by atoms with Gasteiger partial charge in [0.2, 0.25) is 0 Å². The van der Waals surface area contributed by atoms with Gasteiger partial charge in [-0.1, -0.05) is 0 Å². The molecule has 0 rings (SSSR count). The molecule has 0 atom stereocenters. The average molecular weight is 431 g/mol. The van der Waals surface area contributed by atoms with E-state index in [-0.39, 0.29) is 112 Å². The molecule has 14 valence electrons. The molecule has 6 radical (unpaired) electrons. The molecule has 0 aliphatic heterocycles. The maximum absolute atomic E-state index is 0. The van der Waals surface area contributed by atoms with Crippen LogP contribution < -0.4 is 0 Å². The largest absolute Gasteiger partial charge is 2.00 e. The fourth-order valence-corrected chi connectivity index (χ4v) is 0. The monoisotopic (exact) mass is 430 g/mol. The first-order chi connectivity index (χ1) is 0. The third-order valence-corrected chi connectivity index (χ3v) is 0. The van der Waals surface area contributed by atoms with Crippen LogP contribution in [-0.2, 0) is 19.5 Å². The van der Waals surface area contributed by atoms with Crippen molar-refractivity contribution >= 4 is 89.8 Å². The Morgan fingerprint density at radius 3 is 1.25 bits per heavy atom. The minimum absolute atomic E-state index is 0. The van der Waals surface area contributed by atoms with E-state index in [1.54, 1.807) is 0 Å². The summed E-state index contributed by atoms with van der Waals surface area (Å²) in [6.45, 7) is 0. The van der Waals surface area contributed by atoms with Gasteiger partial charge in [0.25, 0.3) is 0 Å². The zero-order valence-corrected chi connectivity index (χ0v) is 14.4. The molecule has 0 aromatic rings. The van der Waals surface area contributed by atoms with Crippen LogP contribution in [0.1, 0.15) is 2.85 Å². The van der Waals surface area contributed by atoms with Crippen LogP contribution in [0.15, 0.2) is 0 Å². The van der Waals surface area contributed by atoms with Crippen molar-refractivity contribution in [1.29, 1.82) is 0 Å². The van der Waals surface area contributed by atoms with Crippen molar-refractivity contribution in [2.45, 2.75) is 0 Å². The molecule has 0 nitrogen and oxygen atoms in total. The van der Waals surface area contributed by atoms with Crippen LogP contribution in [0.4, 0.5) is 0 Å². The summed E-state index contributed by atoms with van der Waals surface area (Å²) in [7, 11) is 0. The molecule has 0 aliphatic carbocycles. The molecule has 4 heavy (non-hydrogen) atoms. The van der Waals surface area contributed by atoms with Gasteiger partial charge in [-0.05, 0) is 0 Å². The molecule has 0 aromatic heterocycles. The third kappa shape index (κ3) is 9.16. The van der Waals surface area contributed by atoms with Crippen molar-refractivity contribution in [2.24, 2.45) is 0 Å². The van der Waals surface area contributed by atoms with Crippen LogP contribution in [0.5, 0.6) is 0 Å². The van der Waals surface area contributed by atoms with E-state index in [0.29, 0.717) is 0 Å². The molecule has 0 fully saturated rings. The van der Waals surface area contributed by atoms with Gasteiger partial charge in [0.05, 0.1) is 0 Å². The van der Waals surface area contributed by atoms with Gasteiger partial charge >= 0.3 is 37.7 Å². The molecule has 0 saturated heterocycles. The van der Waals surface area contributed by atoms with Crippen molar-refractivity contribution in [3.8, 4) is 0 Å². The molecular weight excluding hydrogens is 429 g/mol. The summed E-state index contributed by atoms with van der Waals surface area (Å²) in [5.41, 5.74) is 0. The van der Waals surface area contributed by atoms with Crippen LogP contribution in [0.2, 0.25) is 0 Å². The Bertz CT molecular complexity index is 13.5. The summed E-state index contributed by atoms with van der Waals surface area (Å²) >= 11 is 0. The molecule has 0 spiro atoms. The predicted octanol–water partition coefficient (Wildman–Crippen LogP) is -0.920. The maximum atomic E-state index is 0. The quantitative estimate of drug-likeness (QED) is 0.436. The van der Waals surface area contributed by atoms with E-state index in [1.165, 1.54) is 0 Å². The fraction of sp³-hybridized carbons (Fsp3) is 0. The minimum Gasteiger partial charge on any atom is -1.00 e. The van der Waals surface area contributed by atoms with E-state index in [0.717, 1.165) is 0 Å². The van der Waals surface area contributed by atoms with E-state index in [1.807, 2.05) is 0 Å². The molecule has 0 aromatic carbocycles. The van der Waals surface area contributed by atoms with Crippen molar-refractivity contribution in [1.82, 2.24) is 0 Å². The second-order valence-corrected chi connectivity index (χ2v) is 0. The topological polar surface area (TPSA) is 0 Å². The Morgan fingerprint density at radius 2 is 1.25 bits per heavy atom. The van der Waals surface area contributed by atoms with Crippen molar-refractivity contribution < 1.29 is 22.3 Å². The molecule has 0 unspecified atom stereocenters. The maximum Gasteiger partial charge on any atom is 2.00 e. The first-order valence-electron chi connectivity index (χ1n) is 0. The summed E-state index contributed by atoms with van der Waals surface area (Å²) in [6.07, 6.45) is 0. The van der Waals surface area contributed by atoms with Crippen LogP contribution in [0.3, 0.4) is 0 Å². The molecular formula is H2BiCaInZn. The van der Waals surface area contributed by atoms with Gasteiger partial charge in [-0.2, -0.15) is 0 Å². The molecule has 0 bridgehead atoms. The SMILES string of the molecule is [Bi].[Ca+2].[H-].[H-].[In].[Zn]. The summed E-state index contributed by atoms with van der Waals surface area (Å²) < 4.78 is 0. The van der Waals surface area contributed by atoms with Crippen molar-refractivity contribution in [3.63, 3.8) is 0 Å². The Kier molecular flexibility index (Phi) is 101. The average Bonchev–Trinajstić information content (AvgIpc) is 0. The number of hydrogen-bond donors (Lipinski definition) is 0. The summed E-state index contributed by atoms with van der Waals surface area (Å²) in [5.74, 6) is 0. The van der Waals surface area contributed by atoms with Gasteiger partial charge in [-0.3, -0.25) is 0 Å². The Morgan fingerprint density at radius 1 is 1.25 bits per heavy atom. The van der Waals surface area contributed by atoms with Crippen LogP contribution >= 0.6 is 0 Å². The second kappa shape index (κ2) is 15.9. The Labute approximate surface area is 109 Å². The van der Waals surface area contributed by atoms with Gasteiger partial charge in [0, 0.05) is 71.5 Å². The Balaban J connectivity index is 0. The summed E-state index contributed by atoms with van der Waals surface area (Å²) in [6, 6.07) is 0. The normalized spacial score (nSPS) is 0. The standard InChI is InChI=1S/Bi.Ca.In.Zn.2H/q;+2;;;2*-1. The molecule has 0 aliphatic rings.